The number of aromatic amines is 1. The lowest BCUT2D eigenvalue weighted by Gasteiger charge is -2.08. The predicted octanol–water partition coefficient (Wildman–Crippen LogP) is 2.86. The summed E-state index contributed by atoms with van der Waals surface area (Å²) in [6, 6.07) is 14.1. The Bertz CT molecular complexity index is 949. The number of hydrogen-bond acceptors (Lipinski definition) is 3. The molecule has 0 bridgehead atoms. The zero-order valence-electron chi connectivity index (χ0n) is 12.7. The van der Waals surface area contributed by atoms with Gasteiger partial charge in [-0.15, -0.1) is 0 Å². The zero-order valence-corrected chi connectivity index (χ0v) is 13.4. The standard InChI is InChI=1S/C18H15ClN2O3/c19-12-7-5-11(6-8-12)9-10-20-17(23)15-16(22)13-3-1-2-4-14(13)21-18(15)24/h1-8H,9-10H2,(H,20,23)(H2,21,22,24). The van der Waals surface area contributed by atoms with Crippen molar-refractivity contribution in [2.75, 3.05) is 6.54 Å². The minimum atomic E-state index is -0.616. The fourth-order valence-electron chi connectivity index (χ4n) is 2.50. The summed E-state index contributed by atoms with van der Waals surface area (Å²) in [6.07, 6.45) is 0.592. The van der Waals surface area contributed by atoms with Crippen molar-refractivity contribution in [1.82, 2.24) is 10.3 Å². The Balaban J connectivity index is 1.76. The third kappa shape index (κ3) is 3.26. The van der Waals surface area contributed by atoms with Gasteiger partial charge < -0.3 is 15.4 Å². The molecule has 24 heavy (non-hydrogen) atoms. The average Bonchev–Trinajstić information content (AvgIpc) is 2.57. The van der Waals surface area contributed by atoms with Gasteiger partial charge in [0.05, 0.1) is 5.52 Å². The molecule has 0 radical (unpaired) electrons. The Kier molecular flexibility index (Phi) is 4.53. The lowest BCUT2D eigenvalue weighted by molar-refractivity contribution is 0.0950. The van der Waals surface area contributed by atoms with Gasteiger partial charge in [-0.2, -0.15) is 0 Å². The van der Waals surface area contributed by atoms with Crippen molar-refractivity contribution in [2.24, 2.45) is 0 Å². The van der Waals surface area contributed by atoms with E-state index in [0.717, 1.165) is 5.56 Å². The molecule has 0 aliphatic heterocycles. The van der Waals surface area contributed by atoms with E-state index >= 15 is 0 Å². The Morgan fingerprint density at radius 3 is 2.58 bits per heavy atom. The van der Waals surface area contributed by atoms with E-state index in [1.807, 2.05) is 12.1 Å². The number of nitrogens with one attached hydrogen (secondary N) is 2. The number of rotatable bonds is 4. The summed E-state index contributed by atoms with van der Waals surface area (Å²) >= 11 is 5.82. The van der Waals surface area contributed by atoms with Crippen LogP contribution in [0.2, 0.25) is 5.02 Å². The molecule has 1 aromatic heterocycles. The van der Waals surface area contributed by atoms with Crippen LogP contribution >= 0.6 is 11.6 Å². The molecular weight excluding hydrogens is 328 g/mol. The predicted molar refractivity (Wildman–Crippen MR) is 93.7 cm³/mol. The van der Waals surface area contributed by atoms with Crippen LogP contribution in [0.5, 0.6) is 5.75 Å². The number of hydrogen-bond donors (Lipinski definition) is 3. The van der Waals surface area contributed by atoms with Crippen LogP contribution in [0.3, 0.4) is 0 Å². The topological polar surface area (TPSA) is 82.2 Å². The third-order valence-electron chi connectivity index (χ3n) is 3.73. The van der Waals surface area contributed by atoms with Gasteiger partial charge in [0, 0.05) is 17.0 Å². The van der Waals surface area contributed by atoms with Gasteiger partial charge in [-0.1, -0.05) is 35.9 Å². The highest BCUT2D eigenvalue weighted by Gasteiger charge is 2.18. The number of H-pyrrole nitrogens is 1. The first-order chi connectivity index (χ1) is 11.6. The summed E-state index contributed by atoms with van der Waals surface area (Å²) in [7, 11) is 0. The molecule has 122 valence electrons. The van der Waals surface area contributed by atoms with Crippen LogP contribution in [0.1, 0.15) is 15.9 Å². The first-order valence-electron chi connectivity index (χ1n) is 7.43. The highest BCUT2D eigenvalue weighted by Crippen LogP contribution is 2.24. The number of benzene rings is 2. The van der Waals surface area contributed by atoms with Crippen LogP contribution in [0.15, 0.2) is 53.3 Å². The number of aromatic hydroxyl groups is 1. The lowest BCUT2D eigenvalue weighted by atomic mass is 10.1. The minimum Gasteiger partial charge on any atom is -0.506 e. The van der Waals surface area contributed by atoms with Crippen LogP contribution in [-0.4, -0.2) is 22.5 Å². The summed E-state index contributed by atoms with van der Waals surface area (Å²) in [5.41, 5.74) is 0.606. The molecule has 0 aliphatic rings. The largest absolute Gasteiger partial charge is 0.506 e. The van der Waals surface area contributed by atoms with Crippen LogP contribution < -0.4 is 10.9 Å². The van der Waals surface area contributed by atoms with Crippen molar-refractivity contribution in [3.05, 3.63) is 75.0 Å². The molecule has 1 heterocycles. The van der Waals surface area contributed by atoms with Crippen molar-refractivity contribution in [3.63, 3.8) is 0 Å². The molecule has 0 aliphatic carbocycles. The van der Waals surface area contributed by atoms with E-state index in [2.05, 4.69) is 10.3 Å². The SMILES string of the molecule is O=C(NCCc1ccc(Cl)cc1)c1c(O)c2ccccc2[nH]c1=O. The lowest BCUT2D eigenvalue weighted by Crippen LogP contribution is -2.31. The highest BCUT2D eigenvalue weighted by molar-refractivity contribution is 6.30. The molecule has 0 spiro atoms. The number of amides is 1. The Labute approximate surface area is 142 Å². The van der Waals surface area contributed by atoms with E-state index in [9.17, 15) is 14.7 Å². The molecule has 1 amide bonds. The van der Waals surface area contributed by atoms with Gasteiger partial charge in [0.2, 0.25) is 0 Å². The van der Waals surface area contributed by atoms with Gasteiger partial charge in [0.15, 0.2) is 0 Å². The van der Waals surface area contributed by atoms with E-state index in [0.29, 0.717) is 28.9 Å². The molecule has 0 unspecified atom stereocenters. The summed E-state index contributed by atoms with van der Waals surface area (Å²) in [5, 5.41) is 14.0. The quantitative estimate of drug-likeness (QED) is 0.682. The van der Waals surface area contributed by atoms with E-state index < -0.39 is 11.5 Å². The smallest absolute Gasteiger partial charge is 0.265 e. The maximum absolute atomic E-state index is 12.3. The summed E-state index contributed by atoms with van der Waals surface area (Å²) < 4.78 is 0. The molecule has 6 heteroatoms. The molecule has 3 N–H and O–H groups in total. The number of fused-ring (bicyclic) bond motifs is 1. The van der Waals surface area contributed by atoms with Crippen LogP contribution in [0.25, 0.3) is 10.9 Å². The summed E-state index contributed by atoms with van der Waals surface area (Å²) in [5.74, 6) is -0.910. The van der Waals surface area contributed by atoms with Gasteiger partial charge in [-0.3, -0.25) is 9.59 Å². The van der Waals surface area contributed by atoms with Gasteiger partial charge in [0.25, 0.3) is 11.5 Å². The second kappa shape index (κ2) is 6.76. The normalized spacial score (nSPS) is 10.7. The second-order valence-corrected chi connectivity index (χ2v) is 5.79. The molecule has 0 saturated heterocycles. The van der Waals surface area contributed by atoms with Crippen LogP contribution in [0, 0.1) is 0 Å². The summed E-state index contributed by atoms with van der Waals surface area (Å²) in [4.78, 5) is 26.9. The number of carbonyl (C=O) groups is 1. The fourth-order valence-corrected chi connectivity index (χ4v) is 2.62. The molecule has 0 fully saturated rings. The summed E-state index contributed by atoms with van der Waals surface area (Å²) in [6.45, 7) is 0.339. The first kappa shape index (κ1) is 16.1. The Morgan fingerprint density at radius 1 is 1.12 bits per heavy atom. The number of halogens is 1. The average molecular weight is 343 g/mol. The van der Waals surface area contributed by atoms with E-state index in [1.54, 1.807) is 36.4 Å². The van der Waals surface area contributed by atoms with Gasteiger partial charge in [-0.05, 0) is 36.2 Å². The van der Waals surface area contributed by atoms with E-state index in [1.165, 1.54) is 0 Å². The minimum absolute atomic E-state index is 0.273. The van der Waals surface area contributed by atoms with E-state index in [-0.39, 0.29) is 11.3 Å². The van der Waals surface area contributed by atoms with Crippen molar-refractivity contribution in [1.29, 1.82) is 0 Å². The Morgan fingerprint density at radius 2 is 1.83 bits per heavy atom. The molecule has 3 rings (SSSR count). The fraction of sp³-hybridized carbons (Fsp3) is 0.111. The van der Waals surface area contributed by atoms with Crippen molar-refractivity contribution >= 4 is 28.4 Å². The zero-order chi connectivity index (χ0) is 17.1. The molecule has 0 saturated carbocycles. The number of pyridine rings is 1. The molecule has 3 aromatic rings. The number of carbonyl (C=O) groups excluding carboxylic acids is 1. The van der Waals surface area contributed by atoms with Crippen molar-refractivity contribution in [2.45, 2.75) is 6.42 Å². The maximum Gasteiger partial charge on any atom is 0.265 e. The Hall–Kier alpha value is -2.79. The van der Waals surface area contributed by atoms with Crippen molar-refractivity contribution in [3.8, 4) is 5.75 Å². The van der Waals surface area contributed by atoms with E-state index in [4.69, 9.17) is 11.6 Å². The highest BCUT2D eigenvalue weighted by atomic mass is 35.5. The van der Waals surface area contributed by atoms with Crippen LogP contribution in [0.4, 0.5) is 0 Å². The monoisotopic (exact) mass is 342 g/mol. The molecule has 0 atom stereocenters. The van der Waals surface area contributed by atoms with Gasteiger partial charge in [0.1, 0.15) is 11.3 Å². The molecule has 2 aromatic carbocycles. The first-order valence-corrected chi connectivity index (χ1v) is 7.80. The molecule has 5 nitrogen and oxygen atoms in total. The second-order valence-electron chi connectivity index (χ2n) is 5.36. The molecular formula is C18H15ClN2O3. The van der Waals surface area contributed by atoms with Gasteiger partial charge >= 0.3 is 0 Å². The maximum atomic E-state index is 12.3. The van der Waals surface area contributed by atoms with Gasteiger partial charge in [-0.25, -0.2) is 0 Å². The van der Waals surface area contributed by atoms with Crippen molar-refractivity contribution < 1.29 is 9.90 Å². The van der Waals surface area contributed by atoms with Crippen LogP contribution in [-0.2, 0) is 6.42 Å². The number of aromatic nitrogens is 1. The number of para-hydroxylation sites is 1. The third-order valence-corrected chi connectivity index (χ3v) is 3.99.